The van der Waals surface area contributed by atoms with Crippen molar-refractivity contribution < 1.29 is 18.5 Å². The first-order valence-electron chi connectivity index (χ1n) is 7.31. The predicted molar refractivity (Wildman–Crippen MR) is 85.8 cm³/mol. The third-order valence-corrected chi connectivity index (χ3v) is 3.42. The van der Waals surface area contributed by atoms with E-state index in [9.17, 15) is 14.0 Å². The number of hydrogen-bond donors (Lipinski definition) is 2. The molecular weight excluding hydrogens is 327 g/mol. The van der Waals surface area contributed by atoms with Crippen molar-refractivity contribution in [3.05, 3.63) is 71.6 Å². The maximum atomic E-state index is 14.0. The number of rotatable bonds is 5. The van der Waals surface area contributed by atoms with Crippen LogP contribution in [0.15, 0.2) is 53.1 Å². The molecule has 0 spiro atoms. The number of carbonyl (C=O) groups is 2. The SMILES string of the molecule is NC(=O)c1nc(CNC(=O)c2ccccc2-c2ccccc2F)no1. The molecule has 0 aliphatic rings. The summed E-state index contributed by atoms with van der Waals surface area (Å²) in [5.74, 6) is -1.95. The zero-order valence-electron chi connectivity index (χ0n) is 12.9. The lowest BCUT2D eigenvalue weighted by Gasteiger charge is -2.10. The van der Waals surface area contributed by atoms with E-state index in [-0.39, 0.29) is 18.3 Å². The lowest BCUT2D eigenvalue weighted by Crippen LogP contribution is -2.24. The molecule has 3 aromatic rings. The van der Waals surface area contributed by atoms with E-state index in [1.54, 1.807) is 42.5 Å². The number of primary amides is 1. The fraction of sp³-hybridized carbons (Fsp3) is 0.0588. The summed E-state index contributed by atoms with van der Waals surface area (Å²) in [4.78, 5) is 27.1. The smallest absolute Gasteiger partial charge is 0.315 e. The summed E-state index contributed by atoms with van der Waals surface area (Å²) in [6, 6.07) is 12.8. The molecular formula is C17H13FN4O3. The van der Waals surface area contributed by atoms with Crippen LogP contribution in [-0.2, 0) is 6.54 Å². The number of nitrogens with zero attached hydrogens (tertiary/aromatic N) is 2. The maximum absolute atomic E-state index is 14.0. The fourth-order valence-corrected chi connectivity index (χ4v) is 2.28. The largest absolute Gasteiger partial charge is 0.361 e. The van der Waals surface area contributed by atoms with Crippen molar-refractivity contribution in [3.63, 3.8) is 0 Å². The van der Waals surface area contributed by atoms with Crippen LogP contribution < -0.4 is 11.1 Å². The van der Waals surface area contributed by atoms with Crippen molar-refractivity contribution in [2.45, 2.75) is 6.54 Å². The van der Waals surface area contributed by atoms with E-state index in [0.717, 1.165) is 0 Å². The van der Waals surface area contributed by atoms with E-state index in [2.05, 4.69) is 20.0 Å². The molecule has 0 radical (unpaired) electrons. The van der Waals surface area contributed by atoms with Crippen LogP contribution in [-0.4, -0.2) is 22.0 Å². The first kappa shape index (κ1) is 16.3. The highest BCUT2D eigenvalue weighted by Crippen LogP contribution is 2.26. The lowest BCUT2D eigenvalue weighted by molar-refractivity contribution is 0.0944. The molecule has 0 saturated heterocycles. The van der Waals surface area contributed by atoms with Crippen LogP contribution >= 0.6 is 0 Å². The fourth-order valence-electron chi connectivity index (χ4n) is 2.28. The molecule has 7 nitrogen and oxygen atoms in total. The van der Waals surface area contributed by atoms with E-state index >= 15 is 0 Å². The van der Waals surface area contributed by atoms with E-state index in [1.165, 1.54) is 6.07 Å². The Morgan fingerprint density at radius 2 is 1.76 bits per heavy atom. The third-order valence-electron chi connectivity index (χ3n) is 3.42. The number of amides is 2. The Hall–Kier alpha value is -3.55. The summed E-state index contributed by atoms with van der Waals surface area (Å²) in [7, 11) is 0. The van der Waals surface area contributed by atoms with E-state index < -0.39 is 17.6 Å². The number of hydrogen-bond acceptors (Lipinski definition) is 5. The predicted octanol–water partition coefficient (Wildman–Crippen LogP) is 1.90. The van der Waals surface area contributed by atoms with Crippen LogP contribution in [0.4, 0.5) is 4.39 Å². The molecule has 0 bridgehead atoms. The molecule has 0 fully saturated rings. The van der Waals surface area contributed by atoms with Gasteiger partial charge in [-0.15, -0.1) is 0 Å². The second kappa shape index (κ2) is 6.91. The number of benzene rings is 2. The minimum atomic E-state index is -0.852. The first-order chi connectivity index (χ1) is 12.1. The van der Waals surface area contributed by atoms with E-state index in [1.807, 2.05) is 0 Å². The lowest BCUT2D eigenvalue weighted by atomic mass is 9.99. The van der Waals surface area contributed by atoms with Gasteiger partial charge in [-0.2, -0.15) is 4.98 Å². The Morgan fingerprint density at radius 3 is 2.44 bits per heavy atom. The first-order valence-corrected chi connectivity index (χ1v) is 7.31. The van der Waals surface area contributed by atoms with Gasteiger partial charge in [0.05, 0.1) is 6.54 Å². The number of aromatic nitrogens is 2. The van der Waals surface area contributed by atoms with Crippen LogP contribution in [0.5, 0.6) is 0 Å². The highest BCUT2D eigenvalue weighted by Gasteiger charge is 2.16. The normalized spacial score (nSPS) is 10.4. The van der Waals surface area contributed by atoms with Crippen LogP contribution in [0, 0.1) is 5.82 Å². The third kappa shape index (κ3) is 3.52. The van der Waals surface area contributed by atoms with Gasteiger partial charge in [-0.05, 0) is 17.7 Å². The Balaban J connectivity index is 1.81. The van der Waals surface area contributed by atoms with Gasteiger partial charge < -0.3 is 15.6 Å². The Labute approximate surface area is 141 Å². The summed E-state index contributed by atoms with van der Waals surface area (Å²) in [5, 5.41) is 6.13. The van der Waals surface area contributed by atoms with Crippen LogP contribution in [0.2, 0.25) is 0 Å². The number of carbonyl (C=O) groups excluding carboxylic acids is 2. The van der Waals surface area contributed by atoms with Crippen molar-refractivity contribution >= 4 is 11.8 Å². The van der Waals surface area contributed by atoms with Gasteiger partial charge in [0.25, 0.3) is 5.91 Å². The molecule has 1 aromatic heterocycles. The monoisotopic (exact) mass is 340 g/mol. The zero-order valence-corrected chi connectivity index (χ0v) is 12.9. The van der Waals surface area contributed by atoms with Crippen LogP contribution in [0.1, 0.15) is 26.9 Å². The van der Waals surface area contributed by atoms with Gasteiger partial charge in [-0.3, -0.25) is 9.59 Å². The topological polar surface area (TPSA) is 111 Å². The van der Waals surface area contributed by atoms with Gasteiger partial charge in [0.2, 0.25) is 0 Å². The molecule has 2 aromatic carbocycles. The minimum absolute atomic E-state index is 0.0682. The molecule has 3 N–H and O–H groups in total. The summed E-state index contributed by atoms with van der Waals surface area (Å²) in [6.07, 6.45) is 0. The van der Waals surface area contributed by atoms with Crippen LogP contribution in [0.25, 0.3) is 11.1 Å². The number of nitrogens with one attached hydrogen (secondary N) is 1. The molecule has 2 amide bonds. The Kier molecular flexibility index (Phi) is 4.51. The van der Waals surface area contributed by atoms with Gasteiger partial charge in [-0.1, -0.05) is 41.6 Å². The second-order valence-corrected chi connectivity index (χ2v) is 5.09. The molecule has 0 aliphatic carbocycles. The van der Waals surface area contributed by atoms with E-state index in [0.29, 0.717) is 16.7 Å². The zero-order chi connectivity index (χ0) is 17.8. The summed E-state index contributed by atoms with van der Waals surface area (Å²) < 4.78 is 18.7. The molecule has 3 rings (SSSR count). The highest BCUT2D eigenvalue weighted by molar-refractivity contribution is 6.00. The molecule has 1 heterocycles. The summed E-state index contributed by atoms with van der Waals surface area (Å²) in [6.45, 7) is -0.0682. The van der Waals surface area contributed by atoms with Crippen LogP contribution in [0.3, 0.4) is 0 Å². The summed E-state index contributed by atoms with van der Waals surface area (Å²) >= 11 is 0. The molecule has 0 atom stereocenters. The second-order valence-electron chi connectivity index (χ2n) is 5.09. The van der Waals surface area contributed by atoms with Crippen molar-refractivity contribution in [2.75, 3.05) is 0 Å². The average Bonchev–Trinajstić information content (AvgIpc) is 3.09. The highest BCUT2D eigenvalue weighted by atomic mass is 19.1. The van der Waals surface area contributed by atoms with Gasteiger partial charge in [0, 0.05) is 11.1 Å². The van der Waals surface area contributed by atoms with Crippen molar-refractivity contribution in [3.8, 4) is 11.1 Å². The van der Waals surface area contributed by atoms with Crippen molar-refractivity contribution in [2.24, 2.45) is 5.73 Å². The Morgan fingerprint density at radius 1 is 1.08 bits per heavy atom. The molecule has 25 heavy (non-hydrogen) atoms. The number of halogens is 1. The maximum Gasteiger partial charge on any atom is 0.315 e. The molecule has 126 valence electrons. The van der Waals surface area contributed by atoms with Gasteiger partial charge >= 0.3 is 11.8 Å². The quantitative estimate of drug-likeness (QED) is 0.737. The molecule has 0 aliphatic heterocycles. The minimum Gasteiger partial charge on any atom is -0.361 e. The van der Waals surface area contributed by atoms with Gasteiger partial charge in [-0.25, -0.2) is 4.39 Å². The Bertz CT molecular complexity index is 939. The molecule has 0 unspecified atom stereocenters. The number of nitrogens with two attached hydrogens (primary N) is 1. The standard InChI is InChI=1S/C17H13FN4O3/c18-13-8-4-3-6-11(13)10-5-1-2-7-12(10)16(24)20-9-14-21-17(15(19)23)25-22-14/h1-8H,9H2,(H2,19,23)(H,20,24). The molecule has 0 saturated carbocycles. The van der Waals surface area contributed by atoms with Crippen molar-refractivity contribution in [1.82, 2.24) is 15.5 Å². The average molecular weight is 340 g/mol. The van der Waals surface area contributed by atoms with Crippen molar-refractivity contribution in [1.29, 1.82) is 0 Å². The summed E-state index contributed by atoms with van der Waals surface area (Å²) in [5.41, 5.74) is 6.10. The molecule has 8 heteroatoms. The van der Waals surface area contributed by atoms with Gasteiger partial charge in [0.1, 0.15) is 5.82 Å². The van der Waals surface area contributed by atoms with E-state index in [4.69, 9.17) is 5.73 Å². The van der Waals surface area contributed by atoms with Gasteiger partial charge in [0.15, 0.2) is 5.82 Å².